The summed E-state index contributed by atoms with van der Waals surface area (Å²) in [5, 5.41) is 4.33. The molecule has 1 aliphatic heterocycles. The highest BCUT2D eigenvalue weighted by Gasteiger charge is 2.29. The Morgan fingerprint density at radius 3 is 2.88 bits per heavy atom. The molecule has 2 aromatic heterocycles. The summed E-state index contributed by atoms with van der Waals surface area (Å²) in [5.41, 5.74) is 0.965. The van der Waals surface area contributed by atoms with Crippen LogP contribution in [-0.2, 0) is 16.6 Å². The van der Waals surface area contributed by atoms with Crippen LogP contribution in [0.2, 0.25) is 0 Å². The largest absolute Gasteiger partial charge is 0.330 e. The molecule has 0 spiro atoms. The first kappa shape index (κ1) is 17.1. The molecule has 1 N–H and O–H groups in total. The predicted octanol–water partition coefficient (Wildman–Crippen LogP) is 1.39. The summed E-state index contributed by atoms with van der Waals surface area (Å²) >= 11 is 1.49. The van der Waals surface area contributed by atoms with Gasteiger partial charge in [0.25, 0.3) is 5.91 Å². The van der Waals surface area contributed by atoms with E-state index < -0.39 is 10.0 Å². The van der Waals surface area contributed by atoms with Gasteiger partial charge < -0.3 is 4.90 Å². The van der Waals surface area contributed by atoms with Gasteiger partial charge in [-0.25, -0.2) is 13.1 Å². The normalized spacial score (nSPS) is 17.8. The molecule has 1 aliphatic rings. The van der Waals surface area contributed by atoms with Crippen LogP contribution in [0, 0.1) is 6.92 Å². The minimum atomic E-state index is -3.22. The van der Waals surface area contributed by atoms with Crippen molar-refractivity contribution in [3.05, 3.63) is 39.8 Å². The lowest BCUT2D eigenvalue weighted by atomic mass is 10.1. The molecule has 0 fully saturated rings. The fraction of sp³-hybridized carbons (Fsp3) is 0.467. The molecule has 130 valence electrons. The third-order valence-electron chi connectivity index (χ3n) is 3.96. The quantitative estimate of drug-likeness (QED) is 0.864. The summed E-state index contributed by atoms with van der Waals surface area (Å²) in [6.45, 7) is 3.34. The number of amides is 1. The van der Waals surface area contributed by atoms with Gasteiger partial charge in [0.1, 0.15) is 0 Å². The molecular formula is C15H20N4O3S2. The van der Waals surface area contributed by atoms with E-state index in [0.717, 1.165) is 21.7 Å². The van der Waals surface area contributed by atoms with Gasteiger partial charge in [-0.1, -0.05) is 0 Å². The fourth-order valence-electron chi connectivity index (χ4n) is 2.87. The van der Waals surface area contributed by atoms with Crippen LogP contribution in [-0.4, -0.2) is 48.4 Å². The Bertz CT molecular complexity index is 841. The molecule has 3 heterocycles. The average molecular weight is 368 g/mol. The standard InChI is InChI=1S/C15H20N4O3S2/c1-11-3-4-14(23-11)15(20)18-9-12-5-7-16-19(12)13(10-18)6-8-17-24(2,21)22/h3-5,7,13,17H,6,8-10H2,1-2H3/t13-/m0/s1. The van der Waals surface area contributed by atoms with Gasteiger partial charge in [-0.2, -0.15) is 5.10 Å². The first-order valence-electron chi connectivity index (χ1n) is 7.66. The lowest BCUT2D eigenvalue weighted by Gasteiger charge is -2.33. The van der Waals surface area contributed by atoms with E-state index in [2.05, 4.69) is 9.82 Å². The van der Waals surface area contributed by atoms with Crippen molar-refractivity contribution in [2.24, 2.45) is 0 Å². The molecule has 1 amide bonds. The average Bonchev–Trinajstić information content (AvgIpc) is 3.13. The van der Waals surface area contributed by atoms with Gasteiger partial charge in [0.05, 0.1) is 29.4 Å². The van der Waals surface area contributed by atoms with Crippen molar-refractivity contribution in [3.63, 3.8) is 0 Å². The Morgan fingerprint density at radius 1 is 1.42 bits per heavy atom. The highest BCUT2D eigenvalue weighted by atomic mass is 32.2. The second-order valence-electron chi connectivity index (χ2n) is 5.97. The summed E-state index contributed by atoms with van der Waals surface area (Å²) in [7, 11) is -3.22. The summed E-state index contributed by atoms with van der Waals surface area (Å²) in [6, 6.07) is 5.66. The van der Waals surface area contributed by atoms with Crippen molar-refractivity contribution in [2.75, 3.05) is 19.3 Å². The van der Waals surface area contributed by atoms with Crippen molar-refractivity contribution < 1.29 is 13.2 Å². The molecule has 0 unspecified atom stereocenters. The van der Waals surface area contributed by atoms with Crippen molar-refractivity contribution >= 4 is 27.3 Å². The molecule has 0 saturated heterocycles. The van der Waals surface area contributed by atoms with Crippen LogP contribution in [0.4, 0.5) is 0 Å². The summed E-state index contributed by atoms with van der Waals surface area (Å²) in [6.07, 6.45) is 3.44. The molecule has 3 rings (SSSR count). The number of nitrogens with zero attached hydrogens (tertiary/aromatic N) is 3. The predicted molar refractivity (Wildman–Crippen MR) is 92.5 cm³/mol. The SMILES string of the molecule is Cc1ccc(C(=O)N2Cc3ccnn3[C@@H](CCNS(C)(=O)=O)C2)s1. The molecule has 1 atom stereocenters. The van der Waals surface area contributed by atoms with Gasteiger partial charge in [0.2, 0.25) is 10.0 Å². The maximum atomic E-state index is 12.7. The zero-order valence-electron chi connectivity index (χ0n) is 13.6. The van der Waals surface area contributed by atoms with Gasteiger partial charge in [-0.15, -0.1) is 11.3 Å². The van der Waals surface area contributed by atoms with Gasteiger partial charge in [-0.3, -0.25) is 9.48 Å². The Kier molecular flexibility index (Phi) is 4.75. The molecule has 0 radical (unpaired) electrons. The number of fused-ring (bicyclic) bond motifs is 1. The summed E-state index contributed by atoms with van der Waals surface area (Å²) < 4.78 is 26.9. The first-order chi connectivity index (χ1) is 11.3. The Labute approximate surface area is 145 Å². The number of rotatable bonds is 5. The third-order valence-corrected chi connectivity index (χ3v) is 5.68. The van der Waals surface area contributed by atoms with E-state index in [1.54, 1.807) is 6.20 Å². The zero-order valence-corrected chi connectivity index (χ0v) is 15.2. The van der Waals surface area contributed by atoms with E-state index in [-0.39, 0.29) is 11.9 Å². The second-order valence-corrected chi connectivity index (χ2v) is 9.09. The number of hydrogen-bond donors (Lipinski definition) is 1. The van der Waals surface area contributed by atoms with E-state index in [0.29, 0.717) is 26.1 Å². The fourth-order valence-corrected chi connectivity index (χ4v) is 4.20. The molecule has 24 heavy (non-hydrogen) atoms. The molecule has 9 heteroatoms. The summed E-state index contributed by atoms with van der Waals surface area (Å²) in [5.74, 6) is 0.0154. The van der Waals surface area contributed by atoms with E-state index in [1.165, 1.54) is 11.3 Å². The number of thiophene rings is 1. The lowest BCUT2D eigenvalue weighted by molar-refractivity contribution is 0.0669. The van der Waals surface area contributed by atoms with Crippen molar-refractivity contribution in [3.8, 4) is 0 Å². The third kappa shape index (κ3) is 3.85. The highest BCUT2D eigenvalue weighted by Crippen LogP contribution is 2.26. The van der Waals surface area contributed by atoms with Gasteiger partial charge >= 0.3 is 0 Å². The topological polar surface area (TPSA) is 84.3 Å². The smallest absolute Gasteiger partial charge is 0.264 e. The van der Waals surface area contributed by atoms with E-state index in [1.807, 2.05) is 34.7 Å². The van der Waals surface area contributed by atoms with Crippen LogP contribution in [0.5, 0.6) is 0 Å². The molecule has 0 saturated carbocycles. The number of aryl methyl sites for hydroxylation is 1. The number of carbonyl (C=O) groups excluding carboxylic acids is 1. The van der Waals surface area contributed by atoms with Crippen molar-refractivity contribution in [2.45, 2.75) is 25.9 Å². The van der Waals surface area contributed by atoms with E-state index in [4.69, 9.17) is 0 Å². The first-order valence-corrected chi connectivity index (χ1v) is 10.4. The summed E-state index contributed by atoms with van der Waals surface area (Å²) in [4.78, 5) is 16.4. The van der Waals surface area contributed by atoms with Crippen molar-refractivity contribution in [1.82, 2.24) is 19.4 Å². The van der Waals surface area contributed by atoms with Crippen LogP contribution in [0.25, 0.3) is 0 Å². The Balaban J connectivity index is 1.74. The minimum Gasteiger partial charge on any atom is -0.330 e. The molecule has 0 aromatic carbocycles. The van der Waals surface area contributed by atoms with Gasteiger partial charge in [-0.05, 0) is 31.5 Å². The van der Waals surface area contributed by atoms with Crippen molar-refractivity contribution in [1.29, 1.82) is 0 Å². The number of nitrogens with one attached hydrogen (secondary N) is 1. The van der Waals surface area contributed by atoms with Crippen LogP contribution in [0.3, 0.4) is 0 Å². The molecule has 0 aliphatic carbocycles. The monoisotopic (exact) mass is 368 g/mol. The number of sulfonamides is 1. The molecule has 2 aromatic rings. The van der Waals surface area contributed by atoms with Crippen LogP contribution in [0.1, 0.15) is 32.7 Å². The van der Waals surface area contributed by atoms with Crippen LogP contribution >= 0.6 is 11.3 Å². The second kappa shape index (κ2) is 6.66. The number of aromatic nitrogens is 2. The zero-order chi connectivity index (χ0) is 17.3. The Morgan fingerprint density at radius 2 is 2.21 bits per heavy atom. The van der Waals surface area contributed by atoms with Gasteiger partial charge in [0.15, 0.2) is 0 Å². The van der Waals surface area contributed by atoms with Gasteiger partial charge in [0, 0.05) is 24.2 Å². The lowest BCUT2D eigenvalue weighted by Crippen LogP contribution is -2.42. The number of hydrogen-bond acceptors (Lipinski definition) is 5. The van der Waals surface area contributed by atoms with Crippen LogP contribution < -0.4 is 4.72 Å². The van der Waals surface area contributed by atoms with E-state index in [9.17, 15) is 13.2 Å². The minimum absolute atomic E-state index is 0.0154. The molecule has 7 nitrogen and oxygen atoms in total. The number of carbonyl (C=O) groups is 1. The van der Waals surface area contributed by atoms with E-state index >= 15 is 0 Å². The molecule has 0 bridgehead atoms. The molecular weight excluding hydrogens is 348 g/mol. The maximum absolute atomic E-state index is 12.7. The van der Waals surface area contributed by atoms with Crippen LogP contribution in [0.15, 0.2) is 24.4 Å². The highest BCUT2D eigenvalue weighted by molar-refractivity contribution is 7.88. The Hall–Kier alpha value is -1.71. The maximum Gasteiger partial charge on any atom is 0.264 e.